The van der Waals surface area contributed by atoms with Crippen LogP contribution in [0, 0.1) is 11.6 Å². The lowest BCUT2D eigenvalue weighted by atomic mass is 9.99. The van der Waals surface area contributed by atoms with Crippen molar-refractivity contribution in [2.45, 2.75) is 32.9 Å². The quantitative estimate of drug-likeness (QED) is 0.250. The Labute approximate surface area is 233 Å². The summed E-state index contributed by atoms with van der Waals surface area (Å²) in [6.45, 7) is 5.50. The van der Waals surface area contributed by atoms with Crippen LogP contribution in [0.25, 0.3) is 44.4 Å². The van der Waals surface area contributed by atoms with Gasteiger partial charge in [-0.25, -0.2) is 23.4 Å². The molecule has 3 aromatic heterocycles. The van der Waals surface area contributed by atoms with Gasteiger partial charge in [0.25, 0.3) is 0 Å². The fourth-order valence-corrected chi connectivity index (χ4v) is 4.97. The number of para-hydroxylation sites is 1. The number of aromatic nitrogens is 4. The summed E-state index contributed by atoms with van der Waals surface area (Å²) < 4.78 is 43.2. The first-order chi connectivity index (χ1) is 19.7. The molecule has 3 aromatic carbocycles. The van der Waals surface area contributed by atoms with E-state index in [2.05, 4.69) is 9.97 Å². The Morgan fingerprint density at radius 2 is 1.78 bits per heavy atom. The molecule has 2 N–H and O–H groups in total. The van der Waals surface area contributed by atoms with E-state index in [1.54, 1.807) is 43.3 Å². The smallest absolute Gasteiger partial charge is 0.200 e. The van der Waals surface area contributed by atoms with Crippen LogP contribution in [-0.2, 0) is 0 Å². The molecule has 0 saturated heterocycles. The number of ether oxygens (including phenoxy) is 1. The van der Waals surface area contributed by atoms with Crippen molar-refractivity contribution in [3.8, 4) is 28.1 Å². The molecule has 8 nitrogen and oxygen atoms in total. The Bertz CT molecular complexity index is 2000. The Kier molecular flexibility index (Phi) is 6.45. The molecule has 6 rings (SSSR count). The summed E-state index contributed by atoms with van der Waals surface area (Å²) in [6.07, 6.45) is 1.15. The van der Waals surface area contributed by atoms with Crippen LogP contribution in [-0.4, -0.2) is 25.9 Å². The minimum Gasteiger partial charge on any atom is -0.491 e. The molecule has 0 spiro atoms. The second-order valence-electron chi connectivity index (χ2n) is 9.91. The van der Waals surface area contributed by atoms with Crippen LogP contribution in [0.2, 0.25) is 0 Å². The molecule has 1 unspecified atom stereocenters. The number of fused-ring (bicyclic) bond motifs is 2. The zero-order chi connectivity index (χ0) is 28.8. The lowest BCUT2D eigenvalue weighted by Crippen LogP contribution is -2.16. The maximum atomic E-state index is 15.3. The number of nitrogens with two attached hydrogens (primary N) is 1. The normalized spacial score (nSPS) is 12.3. The van der Waals surface area contributed by atoms with Crippen molar-refractivity contribution in [1.82, 2.24) is 19.7 Å². The van der Waals surface area contributed by atoms with Crippen molar-refractivity contribution in [1.29, 1.82) is 0 Å². The number of halogens is 2. The summed E-state index contributed by atoms with van der Waals surface area (Å²) in [5.41, 5.74) is 7.49. The molecule has 0 radical (unpaired) electrons. The van der Waals surface area contributed by atoms with Gasteiger partial charge in [-0.1, -0.05) is 24.3 Å². The third-order valence-electron chi connectivity index (χ3n) is 6.77. The second-order valence-corrected chi connectivity index (χ2v) is 9.91. The summed E-state index contributed by atoms with van der Waals surface area (Å²) >= 11 is 0. The Morgan fingerprint density at radius 3 is 2.56 bits per heavy atom. The predicted molar refractivity (Wildman–Crippen MR) is 153 cm³/mol. The highest BCUT2D eigenvalue weighted by molar-refractivity contribution is 5.98. The molecule has 10 heteroatoms. The van der Waals surface area contributed by atoms with Gasteiger partial charge >= 0.3 is 0 Å². The third-order valence-corrected chi connectivity index (χ3v) is 6.77. The molecule has 206 valence electrons. The zero-order valence-electron chi connectivity index (χ0n) is 22.4. The lowest BCUT2D eigenvalue weighted by Gasteiger charge is -2.17. The Morgan fingerprint density at radius 1 is 0.976 bits per heavy atom. The monoisotopic (exact) mass is 553 g/mol. The minimum atomic E-state index is -0.755. The van der Waals surface area contributed by atoms with Crippen LogP contribution < -0.4 is 15.9 Å². The van der Waals surface area contributed by atoms with E-state index in [-0.39, 0.29) is 39.9 Å². The van der Waals surface area contributed by atoms with E-state index < -0.39 is 17.7 Å². The molecule has 0 saturated carbocycles. The number of nitrogen functional groups attached to an aromatic ring is 1. The maximum absolute atomic E-state index is 15.3. The zero-order valence-corrected chi connectivity index (χ0v) is 22.4. The van der Waals surface area contributed by atoms with Gasteiger partial charge in [-0.05, 0) is 68.8 Å². The highest BCUT2D eigenvalue weighted by Crippen LogP contribution is 2.38. The molecule has 0 aliphatic carbocycles. The summed E-state index contributed by atoms with van der Waals surface area (Å²) in [5.74, 6) is -0.258. The Balaban J connectivity index is 1.62. The molecule has 0 amide bonds. The van der Waals surface area contributed by atoms with Gasteiger partial charge in [0.15, 0.2) is 5.65 Å². The van der Waals surface area contributed by atoms with Crippen LogP contribution in [0.15, 0.2) is 82.3 Å². The number of nitrogens with zero attached hydrogens (tertiary/aromatic N) is 4. The summed E-state index contributed by atoms with van der Waals surface area (Å²) in [4.78, 5) is 22.3. The van der Waals surface area contributed by atoms with Crippen molar-refractivity contribution in [2.75, 3.05) is 5.73 Å². The van der Waals surface area contributed by atoms with Crippen LogP contribution in [0.3, 0.4) is 0 Å². The van der Waals surface area contributed by atoms with Crippen molar-refractivity contribution in [3.63, 3.8) is 0 Å². The number of benzene rings is 3. The topological polar surface area (TPSA) is 109 Å². The van der Waals surface area contributed by atoms with Crippen LogP contribution in [0.4, 0.5) is 14.6 Å². The number of hydrogen-bond donors (Lipinski definition) is 1. The van der Waals surface area contributed by atoms with Crippen LogP contribution >= 0.6 is 0 Å². The van der Waals surface area contributed by atoms with Crippen molar-refractivity contribution >= 4 is 27.8 Å². The van der Waals surface area contributed by atoms with E-state index in [1.807, 2.05) is 13.8 Å². The predicted octanol–water partition coefficient (Wildman–Crippen LogP) is 6.52. The van der Waals surface area contributed by atoms with E-state index in [0.717, 1.165) is 0 Å². The fourth-order valence-electron chi connectivity index (χ4n) is 4.97. The van der Waals surface area contributed by atoms with Gasteiger partial charge in [0.1, 0.15) is 52.6 Å². The lowest BCUT2D eigenvalue weighted by molar-refractivity contribution is 0.242. The van der Waals surface area contributed by atoms with E-state index >= 15 is 4.39 Å². The van der Waals surface area contributed by atoms with Gasteiger partial charge in [-0.3, -0.25) is 4.79 Å². The van der Waals surface area contributed by atoms with E-state index in [1.165, 1.54) is 41.3 Å². The SMILES string of the molecule is CC(C)Oc1ccc(F)c(-c2nn(C(C)c3oc4ccccc4c(=O)c3-c3cccc(F)c3)c3ncnc(N)c23)c1. The first-order valence-electron chi connectivity index (χ1n) is 13.0. The molecule has 3 heterocycles. The minimum absolute atomic E-state index is 0.100. The summed E-state index contributed by atoms with van der Waals surface area (Å²) in [5, 5.41) is 5.42. The molecular weight excluding hydrogens is 528 g/mol. The standard InChI is InChI=1S/C31H25F2N5O3/c1-16(2)40-20-11-12-23(33)22(14-20)27-26-30(34)35-15-36-31(26)38(37-27)17(3)29-25(18-7-6-8-19(32)13-18)28(39)21-9-4-5-10-24(21)41-29/h4-17H,1-3H3,(H2,34,35,36). The highest BCUT2D eigenvalue weighted by Gasteiger charge is 2.28. The van der Waals surface area contributed by atoms with E-state index in [9.17, 15) is 9.18 Å². The summed E-state index contributed by atoms with van der Waals surface area (Å²) in [6, 6.07) is 16.2. The molecular formula is C31H25F2N5O3. The first kappa shape index (κ1) is 26.1. The first-order valence-corrected chi connectivity index (χ1v) is 13.0. The number of anilines is 1. The fraction of sp³-hybridized carbons (Fsp3) is 0.161. The summed E-state index contributed by atoms with van der Waals surface area (Å²) in [7, 11) is 0. The second kappa shape index (κ2) is 10.1. The van der Waals surface area contributed by atoms with Gasteiger partial charge in [0.05, 0.1) is 22.4 Å². The van der Waals surface area contributed by atoms with Gasteiger partial charge in [0.2, 0.25) is 5.43 Å². The van der Waals surface area contributed by atoms with Crippen LogP contribution in [0.5, 0.6) is 5.75 Å². The Hall–Kier alpha value is -5.12. The molecule has 0 fully saturated rings. The molecule has 41 heavy (non-hydrogen) atoms. The van der Waals surface area contributed by atoms with E-state index in [4.69, 9.17) is 20.0 Å². The van der Waals surface area contributed by atoms with E-state index in [0.29, 0.717) is 33.3 Å². The number of hydrogen-bond acceptors (Lipinski definition) is 7. The largest absolute Gasteiger partial charge is 0.491 e. The van der Waals surface area contributed by atoms with Gasteiger partial charge < -0.3 is 14.9 Å². The average molecular weight is 554 g/mol. The highest BCUT2D eigenvalue weighted by atomic mass is 19.1. The van der Waals surface area contributed by atoms with Gasteiger partial charge in [-0.15, -0.1) is 0 Å². The molecule has 0 aliphatic rings. The molecule has 1 atom stereocenters. The maximum Gasteiger partial charge on any atom is 0.200 e. The van der Waals surface area contributed by atoms with Gasteiger partial charge in [-0.2, -0.15) is 5.10 Å². The average Bonchev–Trinajstić information content (AvgIpc) is 3.34. The molecule has 6 aromatic rings. The van der Waals surface area contributed by atoms with Crippen molar-refractivity contribution in [2.24, 2.45) is 0 Å². The van der Waals surface area contributed by atoms with Gasteiger partial charge in [0, 0.05) is 5.56 Å². The number of rotatable bonds is 6. The van der Waals surface area contributed by atoms with Crippen molar-refractivity contribution in [3.05, 3.63) is 101 Å². The van der Waals surface area contributed by atoms with Crippen LogP contribution in [0.1, 0.15) is 32.6 Å². The molecule has 0 bridgehead atoms. The molecule has 0 aliphatic heterocycles. The van der Waals surface area contributed by atoms with Crippen molar-refractivity contribution < 1.29 is 17.9 Å². The third kappa shape index (κ3) is 4.57.